The van der Waals surface area contributed by atoms with Crippen molar-refractivity contribution < 1.29 is 4.79 Å². The van der Waals surface area contributed by atoms with Gasteiger partial charge < -0.3 is 25.8 Å². The van der Waals surface area contributed by atoms with Gasteiger partial charge in [-0.1, -0.05) is 18.2 Å². The van der Waals surface area contributed by atoms with Crippen LogP contribution in [0.5, 0.6) is 0 Å². The number of piperidine rings is 1. The minimum absolute atomic E-state index is 0.181. The number of anilines is 4. The summed E-state index contributed by atoms with van der Waals surface area (Å²) in [7, 11) is 6.07. The maximum atomic E-state index is 12.3. The van der Waals surface area contributed by atoms with Crippen LogP contribution in [0.1, 0.15) is 12.8 Å². The zero-order valence-electron chi connectivity index (χ0n) is 23.1. The predicted molar refractivity (Wildman–Crippen MR) is 161 cm³/mol. The van der Waals surface area contributed by atoms with Gasteiger partial charge >= 0.3 is 0 Å². The Balaban J connectivity index is 1.30. The smallest absolute Gasteiger partial charge is 0.248 e. The summed E-state index contributed by atoms with van der Waals surface area (Å²) >= 11 is 0. The van der Waals surface area contributed by atoms with Crippen LogP contribution in [0.2, 0.25) is 0 Å². The fourth-order valence-electron chi connectivity index (χ4n) is 4.57. The number of pyridine rings is 2. The quantitative estimate of drug-likeness (QED) is 0.268. The summed E-state index contributed by atoms with van der Waals surface area (Å²) in [6.07, 6.45) is 10.9. The van der Waals surface area contributed by atoms with E-state index in [1.54, 1.807) is 24.7 Å². The number of fused-ring (bicyclic) bond motifs is 1. The van der Waals surface area contributed by atoms with Gasteiger partial charge in [0.05, 0.1) is 17.6 Å². The Morgan fingerprint density at radius 3 is 2.67 bits per heavy atom. The summed E-state index contributed by atoms with van der Waals surface area (Å²) in [5.41, 5.74) is 3.74. The number of amides is 1. The normalized spacial score (nSPS) is 14.6. The van der Waals surface area contributed by atoms with E-state index < -0.39 is 0 Å². The van der Waals surface area contributed by atoms with Crippen LogP contribution >= 0.6 is 0 Å². The molecular formula is C30H35N9O. The van der Waals surface area contributed by atoms with E-state index in [2.05, 4.69) is 42.8 Å². The molecule has 40 heavy (non-hydrogen) atoms. The van der Waals surface area contributed by atoms with Gasteiger partial charge in [-0.3, -0.25) is 9.78 Å². The summed E-state index contributed by atoms with van der Waals surface area (Å²) in [6.45, 7) is 2.89. The number of likely N-dealkylation sites (N-methyl/N-ethyl adjacent to an activating group) is 1. The molecule has 3 aromatic heterocycles. The number of carbonyl (C=O) groups is 1. The van der Waals surface area contributed by atoms with Gasteiger partial charge in [0.1, 0.15) is 11.3 Å². The minimum atomic E-state index is -0.181. The zero-order chi connectivity index (χ0) is 27.9. The van der Waals surface area contributed by atoms with Gasteiger partial charge in [-0.15, -0.1) is 0 Å². The third-order valence-corrected chi connectivity index (χ3v) is 6.73. The summed E-state index contributed by atoms with van der Waals surface area (Å²) in [6, 6.07) is 13.9. The van der Waals surface area contributed by atoms with Crippen molar-refractivity contribution in [2.24, 2.45) is 0 Å². The van der Waals surface area contributed by atoms with E-state index in [0.29, 0.717) is 35.4 Å². The molecule has 1 fully saturated rings. The Kier molecular flexibility index (Phi) is 8.58. The van der Waals surface area contributed by atoms with E-state index >= 15 is 0 Å². The van der Waals surface area contributed by atoms with E-state index in [-0.39, 0.29) is 5.91 Å². The molecule has 1 saturated heterocycles. The fourth-order valence-corrected chi connectivity index (χ4v) is 4.57. The fraction of sp³-hybridized carbons (Fsp3) is 0.300. The SMILES string of the molecule is CN(C)CC=CC(=O)Nc1cccc(-c2nccc3cnc(Nc4ccc(NC5CCN(C)CC5)nc4)nc23)c1. The Bertz CT molecular complexity index is 1480. The molecule has 1 aliphatic heterocycles. The summed E-state index contributed by atoms with van der Waals surface area (Å²) < 4.78 is 0. The monoisotopic (exact) mass is 537 g/mol. The van der Waals surface area contributed by atoms with E-state index in [1.165, 1.54) is 0 Å². The highest BCUT2D eigenvalue weighted by atomic mass is 16.1. The molecule has 0 spiro atoms. The Morgan fingerprint density at radius 1 is 1.05 bits per heavy atom. The van der Waals surface area contributed by atoms with Crippen molar-refractivity contribution >= 4 is 40.0 Å². The molecule has 1 aliphatic rings. The van der Waals surface area contributed by atoms with Gasteiger partial charge in [0.15, 0.2) is 0 Å². The first-order valence-electron chi connectivity index (χ1n) is 13.5. The highest BCUT2D eigenvalue weighted by molar-refractivity contribution is 6.00. The van der Waals surface area contributed by atoms with Gasteiger partial charge in [-0.25, -0.2) is 15.0 Å². The van der Waals surface area contributed by atoms with Crippen molar-refractivity contribution in [2.75, 3.05) is 56.7 Å². The second-order valence-electron chi connectivity index (χ2n) is 10.3. The summed E-state index contributed by atoms with van der Waals surface area (Å²) in [5, 5.41) is 10.6. The van der Waals surface area contributed by atoms with Crippen LogP contribution in [-0.4, -0.2) is 82.5 Å². The van der Waals surface area contributed by atoms with Crippen molar-refractivity contribution in [1.29, 1.82) is 0 Å². The zero-order valence-corrected chi connectivity index (χ0v) is 23.1. The number of hydrogen-bond acceptors (Lipinski definition) is 9. The topological polar surface area (TPSA) is 111 Å². The van der Waals surface area contributed by atoms with Gasteiger partial charge in [0.2, 0.25) is 11.9 Å². The van der Waals surface area contributed by atoms with Gasteiger partial charge in [0.25, 0.3) is 0 Å². The first-order valence-corrected chi connectivity index (χ1v) is 13.5. The molecule has 3 N–H and O–H groups in total. The lowest BCUT2D eigenvalue weighted by molar-refractivity contribution is -0.111. The molecule has 1 aromatic carbocycles. The minimum Gasteiger partial charge on any atom is -0.367 e. The lowest BCUT2D eigenvalue weighted by atomic mass is 10.1. The largest absolute Gasteiger partial charge is 0.367 e. The Hall–Kier alpha value is -4.41. The van der Waals surface area contributed by atoms with Crippen LogP contribution < -0.4 is 16.0 Å². The van der Waals surface area contributed by atoms with Crippen molar-refractivity contribution in [3.63, 3.8) is 0 Å². The number of nitrogens with zero attached hydrogens (tertiary/aromatic N) is 6. The van der Waals surface area contributed by atoms with E-state index in [0.717, 1.165) is 48.4 Å². The number of carbonyl (C=O) groups excluding carboxylic acids is 1. The van der Waals surface area contributed by atoms with Crippen molar-refractivity contribution in [3.05, 3.63) is 73.2 Å². The maximum Gasteiger partial charge on any atom is 0.248 e. The first-order chi connectivity index (χ1) is 19.4. The predicted octanol–water partition coefficient (Wildman–Crippen LogP) is 4.39. The second kappa shape index (κ2) is 12.6. The second-order valence-corrected chi connectivity index (χ2v) is 10.3. The van der Waals surface area contributed by atoms with Crippen LogP contribution in [0.4, 0.5) is 23.1 Å². The lowest BCUT2D eigenvalue weighted by Gasteiger charge is -2.29. The highest BCUT2D eigenvalue weighted by Crippen LogP contribution is 2.28. The van der Waals surface area contributed by atoms with E-state index in [4.69, 9.17) is 4.98 Å². The number of benzene rings is 1. The summed E-state index contributed by atoms with van der Waals surface area (Å²) in [4.78, 5) is 35.1. The molecule has 5 rings (SSSR count). The molecule has 0 atom stereocenters. The van der Waals surface area contributed by atoms with Crippen molar-refractivity contribution in [1.82, 2.24) is 29.7 Å². The molecule has 0 saturated carbocycles. The molecule has 206 valence electrons. The molecular weight excluding hydrogens is 502 g/mol. The molecule has 4 aromatic rings. The van der Waals surface area contributed by atoms with E-state index in [9.17, 15) is 4.79 Å². The first kappa shape index (κ1) is 27.2. The van der Waals surface area contributed by atoms with Gasteiger partial charge in [0, 0.05) is 47.7 Å². The third-order valence-electron chi connectivity index (χ3n) is 6.73. The van der Waals surface area contributed by atoms with Gasteiger partial charge in [-0.05, 0) is 77.4 Å². The highest BCUT2D eigenvalue weighted by Gasteiger charge is 2.16. The average molecular weight is 538 g/mol. The average Bonchev–Trinajstić information content (AvgIpc) is 2.95. The van der Waals surface area contributed by atoms with Crippen LogP contribution in [0.25, 0.3) is 22.2 Å². The van der Waals surface area contributed by atoms with Crippen LogP contribution in [0.3, 0.4) is 0 Å². The number of likely N-dealkylation sites (tertiary alicyclic amines) is 1. The number of nitrogens with one attached hydrogen (secondary N) is 3. The molecule has 0 aliphatic carbocycles. The molecule has 10 heteroatoms. The van der Waals surface area contributed by atoms with E-state index in [1.807, 2.05) is 67.5 Å². The molecule has 0 unspecified atom stereocenters. The van der Waals surface area contributed by atoms with Crippen molar-refractivity contribution in [3.8, 4) is 11.3 Å². The molecule has 0 radical (unpaired) electrons. The molecule has 0 bridgehead atoms. The molecule has 1 amide bonds. The third kappa shape index (κ3) is 7.16. The summed E-state index contributed by atoms with van der Waals surface area (Å²) in [5.74, 6) is 1.14. The van der Waals surface area contributed by atoms with Crippen LogP contribution in [0.15, 0.2) is 73.2 Å². The maximum absolute atomic E-state index is 12.3. The molecule has 10 nitrogen and oxygen atoms in total. The van der Waals surface area contributed by atoms with Gasteiger partial charge in [-0.2, -0.15) is 0 Å². The lowest BCUT2D eigenvalue weighted by Crippen LogP contribution is -2.36. The standard InChI is InChI=1S/C30H35N9O/c1-38(2)15-5-8-27(40)35-24-7-4-6-21(18-24)28-29-22(11-14-31-28)19-33-30(37-29)36-25-9-10-26(32-20-25)34-23-12-16-39(3)17-13-23/h4-11,14,18-20,23H,12-13,15-17H2,1-3H3,(H,32,34)(H,35,40)(H,33,36,37). The Morgan fingerprint density at radius 2 is 1.90 bits per heavy atom. The van der Waals surface area contributed by atoms with Crippen molar-refractivity contribution in [2.45, 2.75) is 18.9 Å². The Labute approximate surface area is 234 Å². The van der Waals surface area contributed by atoms with Crippen LogP contribution in [0, 0.1) is 0 Å². The number of aromatic nitrogens is 4. The number of hydrogen-bond donors (Lipinski definition) is 3. The number of rotatable bonds is 9. The van der Waals surface area contributed by atoms with Crippen LogP contribution in [-0.2, 0) is 4.79 Å². The molecule has 4 heterocycles.